The fourth-order valence-electron chi connectivity index (χ4n) is 4.23. The molecule has 10 nitrogen and oxygen atoms in total. The van der Waals surface area contributed by atoms with E-state index in [2.05, 4.69) is 5.10 Å². The third-order valence-corrected chi connectivity index (χ3v) is 7.96. The zero-order valence-corrected chi connectivity index (χ0v) is 18.0. The van der Waals surface area contributed by atoms with Crippen LogP contribution in [-0.4, -0.2) is 64.1 Å². The van der Waals surface area contributed by atoms with Crippen LogP contribution in [0.3, 0.4) is 0 Å². The van der Waals surface area contributed by atoms with Gasteiger partial charge in [-0.3, -0.25) is 14.0 Å². The fraction of sp³-hybridized carbons (Fsp3) is 0.450. The van der Waals surface area contributed by atoms with Crippen LogP contribution >= 0.6 is 0 Å². The molecule has 1 aromatic carbocycles. The van der Waals surface area contributed by atoms with Crippen LogP contribution in [0.5, 0.6) is 0 Å². The van der Waals surface area contributed by atoms with Crippen LogP contribution in [-0.2, 0) is 30.0 Å². The molecule has 31 heavy (non-hydrogen) atoms. The minimum Gasteiger partial charge on any atom is -0.408 e. The smallest absolute Gasteiger partial charge is 0.408 e. The highest BCUT2D eigenvalue weighted by Crippen LogP contribution is 2.23. The lowest BCUT2D eigenvalue weighted by atomic mass is 10.1. The van der Waals surface area contributed by atoms with Crippen molar-refractivity contribution in [2.45, 2.75) is 30.7 Å². The first kappa shape index (κ1) is 20.0. The van der Waals surface area contributed by atoms with E-state index in [4.69, 9.17) is 4.42 Å². The predicted octanol–water partition coefficient (Wildman–Crippen LogP) is 0.811. The number of carbonyl (C=O) groups excluding carboxylic acids is 1. The Bertz CT molecular complexity index is 1300. The molecule has 164 valence electrons. The van der Waals surface area contributed by atoms with Gasteiger partial charge in [0.05, 0.1) is 10.4 Å². The Morgan fingerprint density at radius 2 is 1.84 bits per heavy atom. The highest BCUT2D eigenvalue weighted by atomic mass is 32.2. The summed E-state index contributed by atoms with van der Waals surface area (Å²) in [5.74, 6) is -0.702. The summed E-state index contributed by atoms with van der Waals surface area (Å²) in [5, 5.41) is 4.44. The first-order valence-electron chi connectivity index (χ1n) is 10.3. The summed E-state index contributed by atoms with van der Waals surface area (Å²) in [6.07, 6.45) is 3.10. The Morgan fingerprint density at radius 3 is 2.58 bits per heavy atom. The zero-order chi connectivity index (χ0) is 21.8. The van der Waals surface area contributed by atoms with Crippen molar-refractivity contribution in [2.75, 3.05) is 26.2 Å². The van der Waals surface area contributed by atoms with Crippen molar-refractivity contribution in [3.63, 3.8) is 0 Å². The molecule has 5 rings (SSSR count). The van der Waals surface area contributed by atoms with E-state index in [0.717, 1.165) is 31.5 Å². The number of nitrogens with zero attached hydrogens (tertiary/aromatic N) is 5. The van der Waals surface area contributed by atoms with Gasteiger partial charge in [0.1, 0.15) is 0 Å². The molecule has 2 aliphatic heterocycles. The number of benzene rings is 1. The lowest BCUT2D eigenvalue weighted by molar-refractivity contribution is 0.0691. The maximum Gasteiger partial charge on any atom is 0.419 e. The Kier molecular flexibility index (Phi) is 4.74. The molecule has 0 atom stereocenters. The molecule has 11 heteroatoms. The van der Waals surface area contributed by atoms with Crippen LogP contribution < -0.4 is 5.76 Å². The van der Waals surface area contributed by atoms with E-state index in [1.54, 1.807) is 4.90 Å². The normalized spacial score (nSPS) is 17.8. The van der Waals surface area contributed by atoms with Crippen LogP contribution in [0.25, 0.3) is 11.1 Å². The predicted molar refractivity (Wildman–Crippen MR) is 111 cm³/mol. The van der Waals surface area contributed by atoms with Gasteiger partial charge in [-0.2, -0.15) is 9.40 Å². The van der Waals surface area contributed by atoms with Gasteiger partial charge in [0.15, 0.2) is 11.3 Å². The van der Waals surface area contributed by atoms with Crippen LogP contribution in [0.4, 0.5) is 0 Å². The van der Waals surface area contributed by atoms with E-state index < -0.39 is 15.8 Å². The number of aryl methyl sites for hydroxylation is 3. The van der Waals surface area contributed by atoms with Crippen LogP contribution in [0, 0.1) is 0 Å². The van der Waals surface area contributed by atoms with Crippen molar-refractivity contribution in [2.24, 2.45) is 7.05 Å². The number of oxazole rings is 1. The van der Waals surface area contributed by atoms with Gasteiger partial charge in [-0.05, 0) is 43.5 Å². The molecule has 0 aliphatic carbocycles. The third kappa shape index (κ3) is 3.37. The number of amides is 1. The zero-order valence-electron chi connectivity index (χ0n) is 17.2. The van der Waals surface area contributed by atoms with Crippen LogP contribution in [0.15, 0.2) is 38.4 Å². The van der Waals surface area contributed by atoms with E-state index in [1.807, 2.05) is 10.7 Å². The van der Waals surface area contributed by atoms with Gasteiger partial charge in [-0.15, -0.1) is 0 Å². The van der Waals surface area contributed by atoms with Gasteiger partial charge in [-0.1, -0.05) is 0 Å². The average Bonchev–Trinajstić information content (AvgIpc) is 3.34. The fourth-order valence-corrected chi connectivity index (χ4v) is 5.67. The van der Waals surface area contributed by atoms with E-state index in [9.17, 15) is 18.0 Å². The number of fused-ring (bicyclic) bond motifs is 2. The van der Waals surface area contributed by atoms with Crippen molar-refractivity contribution in [1.29, 1.82) is 0 Å². The Labute approximate surface area is 178 Å². The first-order chi connectivity index (χ1) is 14.8. The Morgan fingerprint density at radius 1 is 1.06 bits per heavy atom. The second-order valence-corrected chi connectivity index (χ2v) is 9.89. The maximum atomic E-state index is 13.1. The van der Waals surface area contributed by atoms with Crippen molar-refractivity contribution in [1.82, 2.24) is 23.6 Å². The topological polar surface area (TPSA) is 111 Å². The van der Waals surface area contributed by atoms with Crippen LogP contribution in [0.2, 0.25) is 0 Å². The molecule has 0 radical (unpaired) electrons. The standard InChI is InChI=1S/C20H23N5O5S/c1-22-17-13-15(5-6-18(17)30-20(22)27)31(28,29)24-10-8-23(9-11-24)19(26)16-12-14-4-2-3-7-25(14)21-16/h5-6,12-13H,2-4,7-11H2,1H3. The second-order valence-electron chi connectivity index (χ2n) is 7.95. The number of rotatable bonds is 3. The largest absolute Gasteiger partial charge is 0.419 e. The molecule has 0 unspecified atom stereocenters. The van der Waals surface area contributed by atoms with Gasteiger partial charge >= 0.3 is 5.76 Å². The highest BCUT2D eigenvalue weighted by Gasteiger charge is 2.32. The molecule has 3 aromatic rings. The lowest BCUT2D eigenvalue weighted by Gasteiger charge is -2.33. The molecule has 0 N–H and O–H groups in total. The molecule has 2 aromatic heterocycles. The quantitative estimate of drug-likeness (QED) is 0.590. The van der Waals surface area contributed by atoms with Crippen LogP contribution in [0.1, 0.15) is 29.0 Å². The summed E-state index contributed by atoms with van der Waals surface area (Å²) in [6, 6.07) is 6.23. The van der Waals surface area contributed by atoms with E-state index >= 15 is 0 Å². The Hall–Kier alpha value is -2.92. The second kappa shape index (κ2) is 7.34. The number of piperazine rings is 1. The summed E-state index contributed by atoms with van der Waals surface area (Å²) in [5.41, 5.74) is 2.27. The van der Waals surface area contributed by atoms with Gasteiger partial charge in [-0.25, -0.2) is 13.2 Å². The molecular formula is C20H23N5O5S. The SMILES string of the molecule is Cn1c(=O)oc2ccc(S(=O)(=O)N3CCN(C(=O)c4cc5n(n4)CCCC5)CC3)cc21. The van der Waals surface area contributed by atoms with Crippen molar-refractivity contribution in [3.05, 3.63) is 46.2 Å². The highest BCUT2D eigenvalue weighted by molar-refractivity contribution is 7.89. The van der Waals surface area contributed by atoms with E-state index in [-0.39, 0.29) is 23.9 Å². The minimum absolute atomic E-state index is 0.0953. The monoisotopic (exact) mass is 445 g/mol. The number of aromatic nitrogens is 3. The van der Waals surface area contributed by atoms with E-state index in [0.29, 0.717) is 29.9 Å². The molecule has 2 aliphatic rings. The molecule has 4 heterocycles. The first-order valence-corrected chi connectivity index (χ1v) is 11.7. The number of sulfonamides is 1. The molecular weight excluding hydrogens is 422 g/mol. The summed E-state index contributed by atoms with van der Waals surface area (Å²) in [6.45, 7) is 1.83. The van der Waals surface area contributed by atoms with Gasteiger partial charge < -0.3 is 9.32 Å². The third-order valence-electron chi connectivity index (χ3n) is 6.06. The molecule has 0 saturated carbocycles. The van der Waals surface area contributed by atoms with Crippen molar-refractivity contribution >= 4 is 27.0 Å². The molecule has 1 saturated heterocycles. The maximum absolute atomic E-state index is 13.1. The number of hydrogen-bond donors (Lipinski definition) is 0. The summed E-state index contributed by atoms with van der Waals surface area (Å²) in [7, 11) is -2.23. The molecule has 0 bridgehead atoms. The molecule has 0 spiro atoms. The van der Waals surface area contributed by atoms with Gasteiger partial charge in [0, 0.05) is 45.5 Å². The molecule has 1 amide bonds. The minimum atomic E-state index is -3.76. The lowest BCUT2D eigenvalue weighted by Crippen LogP contribution is -2.50. The number of hydrogen-bond acceptors (Lipinski definition) is 6. The van der Waals surface area contributed by atoms with Gasteiger partial charge in [0.25, 0.3) is 5.91 Å². The van der Waals surface area contributed by atoms with E-state index in [1.165, 1.54) is 34.1 Å². The Balaban J connectivity index is 1.31. The molecule has 1 fully saturated rings. The summed E-state index contributed by atoms with van der Waals surface area (Å²) >= 11 is 0. The average molecular weight is 446 g/mol. The van der Waals surface area contributed by atoms with Crippen molar-refractivity contribution < 1.29 is 17.6 Å². The summed E-state index contributed by atoms with van der Waals surface area (Å²) < 4.78 is 35.8. The summed E-state index contributed by atoms with van der Waals surface area (Å²) in [4.78, 5) is 26.3. The van der Waals surface area contributed by atoms with Crippen molar-refractivity contribution in [3.8, 4) is 0 Å². The number of carbonyl (C=O) groups is 1. The van der Waals surface area contributed by atoms with Gasteiger partial charge in [0.2, 0.25) is 10.0 Å².